The summed E-state index contributed by atoms with van der Waals surface area (Å²) in [5.41, 5.74) is 0. The number of aromatic nitrogens is 3. The summed E-state index contributed by atoms with van der Waals surface area (Å²) < 4.78 is 10.3. The third-order valence-electron chi connectivity index (χ3n) is 2.88. The Morgan fingerprint density at radius 1 is 1.33 bits per heavy atom. The highest BCUT2D eigenvalue weighted by molar-refractivity contribution is 5.35. The zero-order valence-electron chi connectivity index (χ0n) is 10.8. The van der Waals surface area contributed by atoms with Crippen molar-refractivity contribution in [1.29, 1.82) is 0 Å². The summed E-state index contributed by atoms with van der Waals surface area (Å²) in [7, 11) is 3.29. The lowest BCUT2D eigenvalue weighted by Gasteiger charge is -2.10. The van der Waals surface area contributed by atoms with E-state index in [0.717, 1.165) is 32.6 Å². The maximum absolute atomic E-state index is 5.33. The second kappa shape index (κ2) is 6.34. The van der Waals surface area contributed by atoms with Crippen molar-refractivity contribution in [3.8, 4) is 6.01 Å². The molecule has 1 aliphatic heterocycles. The van der Waals surface area contributed by atoms with Gasteiger partial charge in [0.25, 0.3) is 0 Å². The third kappa shape index (κ3) is 3.43. The van der Waals surface area contributed by atoms with Gasteiger partial charge in [0.05, 0.1) is 7.11 Å². The summed E-state index contributed by atoms with van der Waals surface area (Å²) in [6.45, 7) is 2.57. The molecule has 0 spiro atoms. The van der Waals surface area contributed by atoms with Crippen molar-refractivity contribution in [3.63, 3.8) is 0 Å². The molecule has 0 amide bonds. The number of methoxy groups -OCH3 is 1. The molecule has 7 nitrogen and oxygen atoms in total. The van der Waals surface area contributed by atoms with Crippen LogP contribution in [0.3, 0.4) is 0 Å². The summed E-state index contributed by atoms with van der Waals surface area (Å²) in [6.07, 6.45) is 2.20. The molecule has 18 heavy (non-hydrogen) atoms. The van der Waals surface area contributed by atoms with Crippen LogP contribution in [0.25, 0.3) is 0 Å². The average Bonchev–Trinajstić information content (AvgIpc) is 2.91. The maximum atomic E-state index is 5.33. The smallest absolute Gasteiger partial charge is 0.322 e. The van der Waals surface area contributed by atoms with Gasteiger partial charge in [-0.2, -0.15) is 15.0 Å². The van der Waals surface area contributed by atoms with Crippen LogP contribution in [-0.2, 0) is 4.74 Å². The van der Waals surface area contributed by atoms with Crippen molar-refractivity contribution >= 4 is 11.9 Å². The molecule has 1 aromatic rings. The molecule has 7 heteroatoms. The molecule has 1 unspecified atom stereocenters. The van der Waals surface area contributed by atoms with Crippen molar-refractivity contribution in [2.24, 2.45) is 5.92 Å². The van der Waals surface area contributed by atoms with Gasteiger partial charge in [-0.15, -0.1) is 0 Å². The van der Waals surface area contributed by atoms with Crippen molar-refractivity contribution in [1.82, 2.24) is 15.0 Å². The molecular weight excluding hydrogens is 234 g/mol. The molecule has 0 saturated carbocycles. The summed E-state index contributed by atoms with van der Waals surface area (Å²) in [6, 6.07) is 0.307. The van der Waals surface area contributed by atoms with Gasteiger partial charge in [-0.05, 0) is 18.8 Å². The molecule has 2 rings (SSSR count). The summed E-state index contributed by atoms with van der Waals surface area (Å²) in [4.78, 5) is 12.4. The van der Waals surface area contributed by atoms with E-state index in [-0.39, 0.29) is 0 Å². The van der Waals surface area contributed by atoms with E-state index in [1.807, 2.05) is 0 Å². The summed E-state index contributed by atoms with van der Waals surface area (Å²) in [5.74, 6) is 1.67. The van der Waals surface area contributed by atoms with Crippen LogP contribution < -0.4 is 15.4 Å². The first kappa shape index (κ1) is 12.8. The van der Waals surface area contributed by atoms with Gasteiger partial charge in [-0.25, -0.2) is 0 Å². The standard InChI is InChI=1S/C11H19N5O2/c1-12-9-14-10(16-11(15-9)17-2)13-5-3-8-4-6-18-7-8/h8H,3-7H2,1-2H3,(H2,12,13,14,15,16). The van der Waals surface area contributed by atoms with E-state index in [1.54, 1.807) is 7.05 Å². The molecule has 2 N–H and O–H groups in total. The highest BCUT2D eigenvalue weighted by Gasteiger charge is 2.15. The number of ether oxygens (including phenoxy) is 2. The maximum Gasteiger partial charge on any atom is 0.322 e. The lowest BCUT2D eigenvalue weighted by atomic mass is 10.1. The minimum Gasteiger partial charge on any atom is -0.467 e. The van der Waals surface area contributed by atoms with Crippen LogP contribution in [0.1, 0.15) is 12.8 Å². The average molecular weight is 253 g/mol. The lowest BCUT2D eigenvalue weighted by Crippen LogP contribution is -2.12. The number of anilines is 2. The number of hydrogen-bond donors (Lipinski definition) is 2. The van der Waals surface area contributed by atoms with Crippen LogP contribution >= 0.6 is 0 Å². The molecular formula is C11H19N5O2. The first-order valence-corrected chi connectivity index (χ1v) is 6.11. The van der Waals surface area contributed by atoms with Crippen molar-refractivity contribution in [3.05, 3.63) is 0 Å². The van der Waals surface area contributed by atoms with Crippen molar-refractivity contribution < 1.29 is 9.47 Å². The molecule has 1 aromatic heterocycles. The van der Waals surface area contributed by atoms with E-state index in [0.29, 0.717) is 23.8 Å². The number of nitrogens with one attached hydrogen (secondary N) is 2. The minimum absolute atomic E-state index is 0.307. The molecule has 100 valence electrons. The highest BCUT2D eigenvalue weighted by atomic mass is 16.5. The molecule has 1 aliphatic rings. The Balaban J connectivity index is 1.87. The topological polar surface area (TPSA) is 81.2 Å². The largest absolute Gasteiger partial charge is 0.467 e. The van der Waals surface area contributed by atoms with E-state index in [1.165, 1.54) is 7.11 Å². The fraction of sp³-hybridized carbons (Fsp3) is 0.727. The Hall–Kier alpha value is -1.63. The van der Waals surface area contributed by atoms with E-state index >= 15 is 0 Å². The monoisotopic (exact) mass is 253 g/mol. The predicted molar refractivity (Wildman–Crippen MR) is 68.0 cm³/mol. The van der Waals surface area contributed by atoms with Gasteiger partial charge in [-0.3, -0.25) is 0 Å². The van der Waals surface area contributed by atoms with Crippen LogP contribution in [0.15, 0.2) is 0 Å². The molecule has 0 aromatic carbocycles. The Labute approximate surface area is 106 Å². The minimum atomic E-state index is 0.307. The Bertz CT molecular complexity index is 359. The molecule has 2 heterocycles. The van der Waals surface area contributed by atoms with E-state index in [2.05, 4.69) is 25.6 Å². The second-order valence-corrected chi connectivity index (χ2v) is 4.16. The fourth-order valence-electron chi connectivity index (χ4n) is 1.84. The van der Waals surface area contributed by atoms with Crippen LogP contribution in [-0.4, -0.2) is 48.9 Å². The van der Waals surface area contributed by atoms with Crippen molar-refractivity contribution in [2.75, 3.05) is 44.5 Å². The quantitative estimate of drug-likeness (QED) is 0.774. The summed E-state index contributed by atoms with van der Waals surface area (Å²) >= 11 is 0. The van der Waals surface area contributed by atoms with Gasteiger partial charge in [0.15, 0.2) is 0 Å². The zero-order chi connectivity index (χ0) is 12.8. The third-order valence-corrected chi connectivity index (χ3v) is 2.88. The first-order valence-electron chi connectivity index (χ1n) is 6.11. The van der Waals surface area contributed by atoms with E-state index < -0.39 is 0 Å². The van der Waals surface area contributed by atoms with Gasteiger partial charge in [0.2, 0.25) is 11.9 Å². The van der Waals surface area contributed by atoms with Gasteiger partial charge in [0, 0.05) is 26.8 Å². The molecule has 1 fully saturated rings. The van der Waals surface area contributed by atoms with Gasteiger partial charge in [-0.1, -0.05) is 0 Å². The number of hydrogen-bond acceptors (Lipinski definition) is 7. The van der Waals surface area contributed by atoms with Crippen LogP contribution in [0.4, 0.5) is 11.9 Å². The zero-order valence-corrected chi connectivity index (χ0v) is 10.8. The summed E-state index contributed by atoms with van der Waals surface area (Å²) in [5, 5.41) is 6.05. The fourth-order valence-corrected chi connectivity index (χ4v) is 1.84. The van der Waals surface area contributed by atoms with Crippen LogP contribution in [0.2, 0.25) is 0 Å². The van der Waals surface area contributed by atoms with Gasteiger partial charge in [0.1, 0.15) is 0 Å². The van der Waals surface area contributed by atoms with Crippen LogP contribution in [0, 0.1) is 5.92 Å². The molecule has 0 radical (unpaired) electrons. The normalized spacial score (nSPS) is 18.7. The molecule has 0 aliphatic carbocycles. The Morgan fingerprint density at radius 2 is 2.17 bits per heavy atom. The Kier molecular flexibility index (Phi) is 4.52. The highest BCUT2D eigenvalue weighted by Crippen LogP contribution is 2.16. The van der Waals surface area contributed by atoms with E-state index in [9.17, 15) is 0 Å². The van der Waals surface area contributed by atoms with E-state index in [4.69, 9.17) is 9.47 Å². The predicted octanol–water partition coefficient (Wildman–Crippen LogP) is 0.760. The lowest BCUT2D eigenvalue weighted by molar-refractivity contribution is 0.185. The number of rotatable bonds is 6. The molecule has 1 atom stereocenters. The van der Waals surface area contributed by atoms with Crippen molar-refractivity contribution in [2.45, 2.75) is 12.8 Å². The second-order valence-electron chi connectivity index (χ2n) is 4.16. The van der Waals surface area contributed by atoms with Gasteiger partial charge >= 0.3 is 6.01 Å². The molecule has 1 saturated heterocycles. The van der Waals surface area contributed by atoms with Crippen LogP contribution in [0.5, 0.6) is 6.01 Å². The van der Waals surface area contributed by atoms with Gasteiger partial charge < -0.3 is 20.1 Å². The number of nitrogens with zero attached hydrogens (tertiary/aromatic N) is 3. The molecule has 0 bridgehead atoms. The Morgan fingerprint density at radius 3 is 2.83 bits per heavy atom. The SMILES string of the molecule is CNc1nc(NCCC2CCOC2)nc(OC)n1. The first-order chi connectivity index (χ1) is 8.81.